The number of hydrogen-bond acceptors (Lipinski definition) is 4. The molecule has 134 valence electrons. The summed E-state index contributed by atoms with van der Waals surface area (Å²) in [7, 11) is 0. The molecule has 4 unspecified atom stereocenters. The molecule has 0 spiro atoms. The van der Waals surface area contributed by atoms with Crippen molar-refractivity contribution in [1.29, 1.82) is 0 Å². The van der Waals surface area contributed by atoms with Crippen molar-refractivity contribution in [2.24, 2.45) is 23.7 Å². The predicted octanol–water partition coefficient (Wildman–Crippen LogP) is 3.88. The molecule has 1 aliphatic rings. The zero-order valence-electron chi connectivity index (χ0n) is 14.9. The van der Waals surface area contributed by atoms with E-state index in [0.717, 1.165) is 12.0 Å². The van der Waals surface area contributed by atoms with E-state index in [-0.39, 0.29) is 35.6 Å². The monoisotopic (exact) mass is 342 g/mol. The smallest absolute Gasteiger partial charge is 0.302 e. The summed E-state index contributed by atoms with van der Waals surface area (Å²) in [6.45, 7) is 7.41. The van der Waals surface area contributed by atoms with Crippen LogP contribution in [0.4, 0.5) is 0 Å². The molecule has 1 saturated carbocycles. The third kappa shape index (κ3) is 5.59. The third-order valence-corrected chi connectivity index (χ3v) is 4.79. The molecule has 4 nitrogen and oxygen atoms in total. The highest BCUT2D eigenvalue weighted by atomic mass is 16.5. The van der Waals surface area contributed by atoms with Crippen LogP contribution >= 0.6 is 0 Å². The van der Waals surface area contributed by atoms with Gasteiger partial charge in [0.15, 0.2) is 0 Å². The highest BCUT2D eigenvalue weighted by Gasteiger charge is 2.41. The van der Waals surface area contributed by atoms with Crippen molar-refractivity contribution in [3.8, 4) is 0 Å². The van der Waals surface area contributed by atoms with E-state index in [4.69, 9.17) is 9.47 Å². The van der Waals surface area contributed by atoms with Gasteiger partial charge in [0.05, 0.1) is 13.2 Å². The van der Waals surface area contributed by atoms with Gasteiger partial charge >= 0.3 is 11.9 Å². The van der Waals surface area contributed by atoms with Crippen LogP contribution in [0.2, 0.25) is 0 Å². The number of hydrogen-bond donors (Lipinski definition) is 0. The SMILES string of the molecule is C=CC1CC(C=Cc2ccccc2)C(COC(C)=O)C1COC(C)=O. The van der Waals surface area contributed by atoms with Gasteiger partial charge in [-0.05, 0) is 23.8 Å². The van der Waals surface area contributed by atoms with Crippen molar-refractivity contribution in [2.45, 2.75) is 20.3 Å². The molecule has 0 heterocycles. The van der Waals surface area contributed by atoms with Crippen LogP contribution in [0.3, 0.4) is 0 Å². The molecule has 0 aromatic heterocycles. The molecule has 2 rings (SSSR count). The summed E-state index contributed by atoms with van der Waals surface area (Å²) in [5, 5.41) is 0. The Kier molecular flexibility index (Phi) is 6.99. The van der Waals surface area contributed by atoms with Crippen molar-refractivity contribution < 1.29 is 19.1 Å². The van der Waals surface area contributed by atoms with E-state index in [1.54, 1.807) is 0 Å². The normalized spacial score (nSPS) is 25.7. The molecule has 1 fully saturated rings. The van der Waals surface area contributed by atoms with Gasteiger partial charge in [0.2, 0.25) is 0 Å². The Morgan fingerprint density at radius 1 is 1.04 bits per heavy atom. The first kappa shape index (κ1) is 19.0. The van der Waals surface area contributed by atoms with Crippen LogP contribution in [0.1, 0.15) is 25.8 Å². The van der Waals surface area contributed by atoms with Crippen molar-refractivity contribution >= 4 is 18.0 Å². The van der Waals surface area contributed by atoms with Crippen LogP contribution in [0.5, 0.6) is 0 Å². The lowest BCUT2D eigenvalue weighted by molar-refractivity contribution is -0.147. The van der Waals surface area contributed by atoms with Crippen LogP contribution < -0.4 is 0 Å². The number of carbonyl (C=O) groups excluding carboxylic acids is 2. The maximum Gasteiger partial charge on any atom is 0.302 e. The summed E-state index contributed by atoms with van der Waals surface area (Å²) >= 11 is 0. The summed E-state index contributed by atoms with van der Waals surface area (Å²) in [6, 6.07) is 10.1. The van der Waals surface area contributed by atoms with Gasteiger partial charge in [0, 0.05) is 25.7 Å². The number of carbonyl (C=O) groups is 2. The van der Waals surface area contributed by atoms with Crippen LogP contribution in [0.15, 0.2) is 49.1 Å². The Balaban J connectivity index is 2.16. The van der Waals surface area contributed by atoms with Crippen molar-refractivity contribution in [1.82, 2.24) is 0 Å². The average molecular weight is 342 g/mol. The summed E-state index contributed by atoms with van der Waals surface area (Å²) in [5.74, 6) is 0.0854. The fourth-order valence-electron chi connectivity index (χ4n) is 3.51. The minimum absolute atomic E-state index is 0.103. The molecule has 1 aliphatic carbocycles. The third-order valence-electron chi connectivity index (χ3n) is 4.79. The Hall–Kier alpha value is -2.36. The first-order valence-electron chi connectivity index (χ1n) is 8.63. The summed E-state index contributed by atoms with van der Waals surface area (Å²) < 4.78 is 10.5. The number of benzene rings is 1. The highest BCUT2D eigenvalue weighted by molar-refractivity contribution is 5.66. The topological polar surface area (TPSA) is 52.6 Å². The largest absolute Gasteiger partial charge is 0.466 e. The van der Waals surface area contributed by atoms with E-state index in [0.29, 0.717) is 13.2 Å². The second-order valence-corrected chi connectivity index (χ2v) is 6.50. The summed E-state index contributed by atoms with van der Waals surface area (Å²) in [4.78, 5) is 22.5. The van der Waals surface area contributed by atoms with Crippen LogP contribution in [-0.4, -0.2) is 25.2 Å². The predicted molar refractivity (Wildman–Crippen MR) is 97.5 cm³/mol. The van der Waals surface area contributed by atoms with E-state index in [1.807, 2.05) is 36.4 Å². The fourth-order valence-corrected chi connectivity index (χ4v) is 3.51. The quantitative estimate of drug-likeness (QED) is 0.557. The van der Waals surface area contributed by atoms with Gasteiger partial charge in [-0.15, -0.1) is 6.58 Å². The molecule has 1 aromatic rings. The van der Waals surface area contributed by atoms with Crippen molar-refractivity contribution in [3.63, 3.8) is 0 Å². The maximum atomic E-state index is 11.3. The minimum atomic E-state index is -0.294. The van der Waals surface area contributed by atoms with Gasteiger partial charge in [-0.3, -0.25) is 9.59 Å². The molecule has 0 radical (unpaired) electrons. The summed E-state index contributed by atoms with van der Waals surface area (Å²) in [5.41, 5.74) is 1.13. The fraction of sp³-hybridized carbons (Fsp3) is 0.429. The molecule has 4 atom stereocenters. The maximum absolute atomic E-state index is 11.3. The van der Waals surface area contributed by atoms with E-state index in [2.05, 4.69) is 18.7 Å². The second kappa shape index (κ2) is 9.21. The minimum Gasteiger partial charge on any atom is -0.466 e. The molecule has 0 aliphatic heterocycles. The molecule has 0 amide bonds. The van der Waals surface area contributed by atoms with Crippen LogP contribution in [0, 0.1) is 23.7 Å². The molecule has 0 saturated heterocycles. The first-order valence-corrected chi connectivity index (χ1v) is 8.63. The number of allylic oxidation sites excluding steroid dienone is 2. The van der Waals surface area contributed by atoms with E-state index in [9.17, 15) is 9.59 Å². The number of ether oxygens (including phenoxy) is 2. The average Bonchev–Trinajstić information content (AvgIpc) is 2.93. The van der Waals surface area contributed by atoms with E-state index in [1.165, 1.54) is 13.8 Å². The van der Waals surface area contributed by atoms with E-state index >= 15 is 0 Å². The first-order chi connectivity index (χ1) is 12.0. The van der Waals surface area contributed by atoms with Crippen molar-refractivity contribution in [3.05, 3.63) is 54.6 Å². The Morgan fingerprint density at radius 2 is 1.60 bits per heavy atom. The molecule has 4 heteroatoms. The van der Waals surface area contributed by atoms with Crippen LogP contribution in [-0.2, 0) is 19.1 Å². The molecular formula is C21H26O4. The van der Waals surface area contributed by atoms with Gasteiger partial charge in [0.1, 0.15) is 0 Å². The Labute approximate surface area is 149 Å². The zero-order chi connectivity index (χ0) is 18.2. The van der Waals surface area contributed by atoms with Gasteiger partial charge in [0.25, 0.3) is 0 Å². The zero-order valence-corrected chi connectivity index (χ0v) is 14.9. The molecule has 0 N–H and O–H groups in total. The van der Waals surface area contributed by atoms with Crippen molar-refractivity contribution in [2.75, 3.05) is 13.2 Å². The Bertz CT molecular complexity index is 620. The highest BCUT2D eigenvalue weighted by Crippen LogP contribution is 2.43. The summed E-state index contributed by atoms with van der Waals surface area (Å²) in [6.07, 6.45) is 7.10. The lowest BCUT2D eigenvalue weighted by atomic mass is 9.87. The van der Waals surface area contributed by atoms with Gasteiger partial charge in [-0.2, -0.15) is 0 Å². The lowest BCUT2D eigenvalue weighted by Crippen LogP contribution is -2.27. The number of esters is 2. The second-order valence-electron chi connectivity index (χ2n) is 6.50. The molecular weight excluding hydrogens is 316 g/mol. The molecule has 1 aromatic carbocycles. The van der Waals surface area contributed by atoms with Gasteiger partial charge < -0.3 is 9.47 Å². The van der Waals surface area contributed by atoms with Gasteiger partial charge in [-0.1, -0.05) is 48.6 Å². The number of rotatable bonds is 7. The van der Waals surface area contributed by atoms with Gasteiger partial charge in [-0.25, -0.2) is 0 Å². The molecule has 0 bridgehead atoms. The lowest BCUT2D eigenvalue weighted by Gasteiger charge is -2.24. The molecule has 25 heavy (non-hydrogen) atoms. The van der Waals surface area contributed by atoms with E-state index < -0.39 is 0 Å². The van der Waals surface area contributed by atoms with Crippen LogP contribution in [0.25, 0.3) is 6.08 Å². The standard InChI is InChI=1S/C21H26O4/c1-4-18-12-19(11-10-17-8-6-5-7-9-17)21(14-25-16(3)23)20(18)13-24-15(2)22/h4-11,18-21H,1,12-14H2,2-3H3. The Morgan fingerprint density at radius 3 is 2.12 bits per heavy atom.